The predicted octanol–water partition coefficient (Wildman–Crippen LogP) is 1.31. The van der Waals surface area contributed by atoms with Crippen LogP contribution in [0.5, 0.6) is 0 Å². The molecule has 100 valence electrons. The lowest BCUT2D eigenvalue weighted by Crippen LogP contribution is -2.30. The zero-order valence-electron chi connectivity index (χ0n) is 11.2. The number of aliphatic hydroxyl groups is 1. The molecule has 1 saturated heterocycles. The third-order valence-corrected chi connectivity index (χ3v) is 3.57. The van der Waals surface area contributed by atoms with Gasteiger partial charge >= 0.3 is 0 Å². The molecular weight excluding hydrogens is 224 g/mol. The van der Waals surface area contributed by atoms with Crippen LogP contribution in [-0.4, -0.2) is 30.8 Å². The topological polar surface area (TPSA) is 44.3 Å². The molecule has 0 aliphatic carbocycles. The average molecular weight is 248 g/mol. The first-order chi connectivity index (χ1) is 8.79. The highest BCUT2D eigenvalue weighted by molar-refractivity contribution is 5.23. The summed E-state index contributed by atoms with van der Waals surface area (Å²) in [6.07, 6.45) is 2.15. The number of aryl methyl sites for hydroxylation is 1. The van der Waals surface area contributed by atoms with Crippen molar-refractivity contribution in [3.63, 3.8) is 0 Å². The third kappa shape index (κ3) is 3.80. The molecule has 0 aromatic heterocycles. The van der Waals surface area contributed by atoms with E-state index in [0.717, 1.165) is 32.6 Å². The SMILES string of the molecule is CCCc1cccc(CNCC2CNCC2O)c1. The summed E-state index contributed by atoms with van der Waals surface area (Å²) >= 11 is 0. The minimum absolute atomic E-state index is 0.191. The Balaban J connectivity index is 1.77. The summed E-state index contributed by atoms with van der Waals surface area (Å²) in [5.74, 6) is 0.351. The first kappa shape index (κ1) is 13.5. The van der Waals surface area contributed by atoms with Crippen molar-refractivity contribution in [2.24, 2.45) is 5.92 Å². The molecule has 0 saturated carbocycles. The Hall–Kier alpha value is -0.900. The van der Waals surface area contributed by atoms with Gasteiger partial charge in [0.2, 0.25) is 0 Å². The molecule has 2 atom stereocenters. The summed E-state index contributed by atoms with van der Waals surface area (Å²) in [5.41, 5.74) is 2.75. The highest BCUT2D eigenvalue weighted by Crippen LogP contribution is 2.09. The van der Waals surface area contributed by atoms with E-state index in [1.165, 1.54) is 17.5 Å². The van der Waals surface area contributed by atoms with Crippen LogP contribution < -0.4 is 10.6 Å². The van der Waals surface area contributed by atoms with Crippen molar-refractivity contribution in [1.82, 2.24) is 10.6 Å². The van der Waals surface area contributed by atoms with Gasteiger partial charge in [0.1, 0.15) is 0 Å². The number of rotatable bonds is 6. The molecule has 1 aliphatic rings. The van der Waals surface area contributed by atoms with Gasteiger partial charge in [0.15, 0.2) is 0 Å². The Labute approximate surface area is 110 Å². The standard InChI is InChI=1S/C15H24N2O/c1-2-4-12-5-3-6-13(7-12)8-16-9-14-10-17-11-15(14)18/h3,5-7,14-18H,2,4,8-11H2,1H3. The van der Waals surface area contributed by atoms with E-state index in [9.17, 15) is 5.11 Å². The van der Waals surface area contributed by atoms with E-state index < -0.39 is 0 Å². The second kappa shape index (κ2) is 6.88. The lowest BCUT2D eigenvalue weighted by Gasteiger charge is -2.14. The van der Waals surface area contributed by atoms with Crippen LogP contribution >= 0.6 is 0 Å². The average Bonchev–Trinajstić information content (AvgIpc) is 2.76. The molecule has 1 heterocycles. The Morgan fingerprint density at radius 1 is 1.33 bits per heavy atom. The molecule has 1 aliphatic heterocycles. The van der Waals surface area contributed by atoms with E-state index in [1.54, 1.807) is 0 Å². The highest BCUT2D eigenvalue weighted by Gasteiger charge is 2.23. The lowest BCUT2D eigenvalue weighted by molar-refractivity contribution is 0.146. The molecule has 2 rings (SSSR count). The zero-order chi connectivity index (χ0) is 12.8. The van der Waals surface area contributed by atoms with Crippen LogP contribution in [-0.2, 0) is 13.0 Å². The molecule has 0 bridgehead atoms. The van der Waals surface area contributed by atoms with Gasteiger partial charge in [-0.05, 0) is 17.5 Å². The fourth-order valence-corrected chi connectivity index (χ4v) is 2.51. The number of aliphatic hydroxyl groups excluding tert-OH is 1. The van der Waals surface area contributed by atoms with E-state index >= 15 is 0 Å². The summed E-state index contributed by atoms with van der Waals surface area (Å²) < 4.78 is 0. The van der Waals surface area contributed by atoms with Gasteiger partial charge < -0.3 is 15.7 Å². The summed E-state index contributed by atoms with van der Waals surface area (Å²) in [6.45, 7) is 5.63. The number of β-amino-alcohol motifs (C(OH)–C–C–N with tert-alkyl or cyclic N) is 1. The molecule has 3 heteroatoms. The van der Waals surface area contributed by atoms with Crippen LogP contribution in [0.1, 0.15) is 24.5 Å². The van der Waals surface area contributed by atoms with Crippen molar-refractivity contribution < 1.29 is 5.11 Å². The molecule has 3 N–H and O–H groups in total. The van der Waals surface area contributed by atoms with Gasteiger partial charge in [0.05, 0.1) is 6.10 Å². The van der Waals surface area contributed by atoms with E-state index in [0.29, 0.717) is 5.92 Å². The summed E-state index contributed by atoms with van der Waals surface area (Å²) in [4.78, 5) is 0. The molecule has 0 radical (unpaired) electrons. The summed E-state index contributed by atoms with van der Waals surface area (Å²) in [5, 5.41) is 16.3. The minimum Gasteiger partial charge on any atom is -0.391 e. The molecule has 0 amide bonds. The van der Waals surface area contributed by atoms with Crippen LogP contribution in [0.25, 0.3) is 0 Å². The molecule has 18 heavy (non-hydrogen) atoms. The van der Waals surface area contributed by atoms with Crippen molar-refractivity contribution in [3.8, 4) is 0 Å². The van der Waals surface area contributed by atoms with Crippen LogP contribution in [0.4, 0.5) is 0 Å². The maximum Gasteiger partial charge on any atom is 0.0716 e. The van der Waals surface area contributed by atoms with E-state index in [2.05, 4.69) is 41.8 Å². The lowest BCUT2D eigenvalue weighted by atomic mass is 10.1. The van der Waals surface area contributed by atoms with Crippen LogP contribution in [0, 0.1) is 5.92 Å². The Kier molecular flexibility index (Phi) is 5.17. The normalized spacial score (nSPS) is 23.4. The maximum absolute atomic E-state index is 9.70. The summed E-state index contributed by atoms with van der Waals surface area (Å²) in [6, 6.07) is 8.76. The van der Waals surface area contributed by atoms with Gasteiger partial charge in [-0.2, -0.15) is 0 Å². The largest absolute Gasteiger partial charge is 0.391 e. The second-order valence-electron chi connectivity index (χ2n) is 5.19. The van der Waals surface area contributed by atoms with Crippen molar-refractivity contribution in [2.75, 3.05) is 19.6 Å². The fourth-order valence-electron chi connectivity index (χ4n) is 2.51. The fraction of sp³-hybridized carbons (Fsp3) is 0.600. The first-order valence-electron chi connectivity index (χ1n) is 6.97. The Morgan fingerprint density at radius 2 is 2.17 bits per heavy atom. The van der Waals surface area contributed by atoms with Crippen molar-refractivity contribution in [2.45, 2.75) is 32.4 Å². The number of hydrogen-bond acceptors (Lipinski definition) is 3. The van der Waals surface area contributed by atoms with E-state index in [-0.39, 0.29) is 6.10 Å². The van der Waals surface area contributed by atoms with Gasteiger partial charge in [-0.3, -0.25) is 0 Å². The van der Waals surface area contributed by atoms with Gasteiger partial charge in [-0.15, -0.1) is 0 Å². The number of hydrogen-bond donors (Lipinski definition) is 3. The van der Waals surface area contributed by atoms with Gasteiger partial charge in [-0.1, -0.05) is 37.6 Å². The van der Waals surface area contributed by atoms with Gasteiger partial charge in [0.25, 0.3) is 0 Å². The first-order valence-corrected chi connectivity index (χ1v) is 6.97. The number of nitrogens with one attached hydrogen (secondary N) is 2. The van der Waals surface area contributed by atoms with Crippen molar-refractivity contribution in [3.05, 3.63) is 35.4 Å². The molecule has 1 aromatic carbocycles. The maximum atomic E-state index is 9.70. The molecular formula is C15H24N2O. The Bertz CT molecular complexity index is 367. The smallest absolute Gasteiger partial charge is 0.0716 e. The van der Waals surface area contributed by atoms with Crippen molar-refractivity contribution >= 4 is 0 Å². The van der Waals surface area contributed by atoms with Crippen LogP contribution in [0.15, 0.2) is 24.3 Å². The molecule has 1 fully saturated rings. The van der Waals surface area contributed by atoms with Gasteiger partial charge in [0, 0.05) is 32.1 Å². The monoisotopic (exact) mass is 248 g/mol. The molecule has 2 unspecified atom stereocenters. The molecule has 1 aromatic rings. The zero-order valence-corrected chi connectivity index (χ0v) is 11.2. The van der Waals surface area contributed by atoms with Crippen molar-refractivity contribution in [1.29, 1.82) is 0 Å². The second-order valence-corrected chi connectivity index (χ2v) is 5.19. The quantitative estimate of drug-likeness (QED) is 0.711. The minimum atomic E-state index is -0.191. The van der Waals surface area contributed by atoms with Crippen LogP contribution in [0.3, 0.4) is 0 Å². The van der Waals surface area contributed by atoms with Crippen LogP contribution in [0.2, 0.25) is 0 Å². The Morgan fingerprint density at radius 3 is 2.89 bits per heavy atom. The predicted molar refractivity (Wildman–Crippen MR) is 74.5 cm³/mol. The third-order valence-electron chi connectivity index (χ3n) is 3.57. The molecule has 3 nitrogen and oxygen atoms in total. The van der Waals surface area contributed by atoms with E-state index in [1.807, 2.05) is 0 Å². The summed E-state index contributed by atoms with van der Waals surface area (Å²) in [7, 11) is 0. The highest BCUT2D eigenvalue weighted by atomic mass is 16.3. The molecule has 0 spiro atoms. The van der Waals surface area contributed by atoms with E-state index in [4.69, 9.17) is 0 Å². The number of benzene rings is 1. The van der Waals surface area contributed by atoms with Gasteiger partial charge in [-0.25, -0.2) is 0 Å².